The van der Waals surface area contributed by atoms with Crippen molar-refractivity contribution in [1.82, 2.24) is 0 Å². The Kier molecular flexibility index (Phi) is 5.82. The minimum Gasteiger partial charge on any atom is -0.478 e. The molecule has 4 aromatic carbocycles. The molecule has 0 radical (unpaired) electrons. The van der Waals surface area contributed by atoms with Gasteiger partial charge in [0.2, 0.25) is 0 Å². The number of fused-ring (bicyclic) bond motifs is 2. The van der Waals surface area contributed by atoms with Crippen LogP contribution in [-0.2, 0) is 4.79 Å². The van der Waals surface area contributed by atoms with Gasteiger partial charge in [0.1, 0.15) is 0 Å². The molecular formula is C24H18O4. The molecule has 0 amide bonds. The number of aromatic carboxylic acids is 1. The van der Waals surface area contributed by atoms with Crippen LogP contribution in [0.2, 0.25) is 0 Å². The average Bonchev–Trinajstić information content (AvgIpc) is 2.71. The molecule has 4 heteroatoms. The van der Waals surface area contributed by atoms with Gasteiger partial charge in [-0.3, -0.25) is 0 Å². The average molecular weight is 370 g/mol. The molecule has 4 rings (SSSR count). The first-order chi connectivity index (χ1) is 13.5. The van der Waals surface area contributed by atoms with Crippen molar-refractivity contribution in [2.24, 2.45) is 0 Å². The van der Waals surface area contributed by atoms with Gasteiger partial charge in [-0.1, -0.05) is 66.7 Å². The molecule has 0 bridgehead atoms. The summed E-state index contributed by atoms with van der Waals surface area (Å²) in [5.74, 6) is -1.81. The molecule has 4 nitrogen and oxygen atoms in total. The van der Waals surface area contributed by atoms with Crippen molar-refractivity contribution in [3.05, 3.63) is 102 Å². The highest BCUT2D eigenvalue weighted by molar-refractivity contribution is 6.08. The van der Waals surface area contributed by atoms with Crippen LogP contribution in [0.1, 0.15) is 15.9 Å². The molecule has 0 unspecified atom stereocenters. The molecular weight excluding hydrogens is 352 g/mol. The van der Waals surface area contributed by atoms with Crippen molar-refractivity contribution in [2.75, 3.05) is 0 Å². The SMILES string of the molecule is O=C(O)C=Cc1ccccc1.O=C(O)c1cccc2cc3ccccc3cc12. The van der Waals surface area contributed by atoms with Gasteiger partial charge in [-0.05, 0) is 51.4 Å². The molecule has 0 heterocycles. The van der Waals surface area contributed by atoms with Gasteiger partial charge < -0.3 is 10.2 Å². The summed E-state index contributed by atoms with van der Waals surface area (Å²) in [5.41, 5.74) is 1.25. The van der Waals surface area contributed by atoms with E-state index in [0.717, 1.165) is 33.2 Å². The van der Waals surface area contributed by atoms with E-state index in [-0.39, 0.29) is 0 Å². The van der Waals surface area contributed by atoms with Crippen LogP contribution in [0.15, 0.2) is 91.0 Å². The lowest BCUT2D eigenvalue weighted by molar-refractivity contribution is -0.131. The lowest BCUT2D eigenvalue weighted by atomic mass is 10.00. The fourth-order valence-electron chi connectivity index (χ4n) is 2.88. The van der Waals surface area contributed by atoms with Crippen LogP contribution in [0.4, 0.5) is 0 Å². The number of hydrogen-bond acceptors (Lipinski definition) is 2. The van der Waals surface area contributed by atoms with E-state index < -0.39 is 11.9 Å². The van der Waals surface area contributed by atoms with Crippen LogP contribution in [0.25, 0.3) is 27.6 Å². The minimum absolute atomic E-state index is 0.355. The molecule has 0 atom stereocenters. The van der Waals surface area contributed by atoms with Gasteiger partial charge in [-0.2, -0.15) is 0 Å². The summed E-state index contributed by atoms with van der Waals surface area (Å²) in [6, 6.07) is 26.6. The second kappa shape index (κ2) is 8.64. The van der Waals surface area contributed by atoms with Crippen LogP contribution in [0.3, 0.4) is 0 Å². The monoisotopic (exact) mass is 370 g/mol. The Bertz CT molecular complexity index is 1160. The molecule has 138 valence electrons. The number of carbonyl (C=O) groups is 2. The summed E-state index contributed by atoms with van der Waals surface area (Å²) >= 11 is 0. The number of hydrogen-bond donors (Lipinski definition) is 2. The molecule has 0 saturated heterocycles. The molecule has 0 aliphatic heterocycles. The lowest BCUT2D eigenvalue weighted by Gasteiger charge is -2.05. The summed E-state index contributed by atoms with van der Waals surface area (Å²) in [6.45, 7) is 0. The Labute approximate surface area is 162 Å². The zero-order valence-corrected chi connectivity index (χ0v) is 14.9. The quantitative estimate of drug-likeness (QED) is 0.370. The molecule has 2 N–H and O–H groups in total. The van der Waals surface area contributed by atoms with E-state index in [1.54, 1.807) is 18.2 Å². The molecule has 4 aromatic rings. The van der Waals surface area contributed by atoms with Crippen LogP contribution in [-0.4, -0.2) is 22.2 Å². The Hall–Kier alpha value is -3.92. The second-order valence-electron chi connectivity index (χ2n) is 6.11. The zero-order valence-electron chi connectivity index (χ0n) is 14.9. The number of benzene rings is 4. The summed E-state index contributed by atoms with van der Waals surface area (Å²) in [7, 11) is 0. The van der Waals surface area contributed by atoms with E-state index >= 15 is 0 Å². The van der Waals surface area contributed by atoms with E-state index in [2.05, 4.69) is 0 Å². The summed E-state index contributed by atoms with van der Waals surface area (Å²) < 4.78 is 0. The standard InChI is InChI=1S/C15H10O2.C9H8O2/c16-15(17)13-7-3-6-12-8-10-4-1-2-5-11(10)9-14(12)13;10-9(11)7-6-8-4-2-1-3-5-8/h1-9H,(H,16,17);1-7H,(H,10,11). The predicted octanol–water partition coefficient (Wildman–Crippen LogP) is 5.48. The third-order valence-electron chi connectivity index (χ3n) is 4.20. The Morgan fingerprint density at radius 3 is 1.93 bits per heavy atom. The second-order valence-corrected chi connectivity index (χ2v) is 6.11. The molecule has 0 saturated carbocycles. The normalized spacial score (nSPS) is 10.6. The van der Waals surface area contributed by atoms with Crippen LogP contribution < -0.4 is 0 Å². The maximum absolute atomic E-state index is 11.2. The van der Waals surface area contributed by atoms with Crippen molar-refractivity contribution in [3.63, 3.8) is 0 Å². The van der Waals surface area contributed by atoms with Gasteiger partial charge >= 0.3 is 11.9 Å². The molecule has 0 spiro atoms. The lowest BCUT2D eigenvalue weighted by Crippen LogP contribution is -1.96. The molecule has 0 aliphatic rings. The van der Waals surface area contributed by atoms with Gasteiger partial charge in [0.25, 0.3) is 0 Å². The molecule has 28 heavy (non-hydrogen) atoms. The highest BCUT2D eigenvalue weighted by Gasteiger charge is 2.08. The predicted molar refractivity (Wildman–Crippen MR) is 112 cm³/mol. The van der Waals surface area contributed by atoms with Crippen LogP contribution in [0.5, 0.6) is 0 Å². The van der Waals surface area contributed by atoms with E-state index in [1.165, 1.54) is 0 Å². The Morgan fingerprint density at radius 1 is 0.679 bits per heavy atom. The Balaban J connectivity index is 0.000000178. The summed E-state index contributed by atoms with van der Waals surface area (Å²) in [5, 5.41) is 21.4. The highest BCUT2D eigenvalue weighted by Crippen LogP contribution is 2.25. The molecule has 0 fully saturated rings. The van der Waals surface area contributed by atoms with Gasteiger partial charge in [0, 0.05) is 6.08 Å². The largest absolute Gasteiger partial charge is 0.478 e. The van der Waals surface area contributed by atoms with Crippen molar-refractivity contribution in [3.8, 4) is 0 Å². The van der Waals surface area contributed by atoms with E-state index in [1.807, 2.05) is 72.8 Å². The van der Waals surface area contributed by atoms with E-state index in [0.29, 0.717) is 5.56 Å². The maximum atomic E-state index is 11.2. The zero-order chi connectivity index (χ0) is 19.9. The first kappa shape index (κ1) is 18.9. The third-order valence-corrected chi connectivity index (χ3v) is 4.20. The number of rotatable bonds is 3. The van der Waals surface area contributed by atoms with E-state index in [4.69, 9.17) is 10.2 Å². The van der Waals surface area contributed by atoms with Crippen LogP contribution >= 0.6 is 0 Å². The molecule has 0 aliphatic carbocycles. The number of carboxylic acid groups (broad SMARTS) is 2. The smallest absolute Gasteiger partial charge is 0.336 e. The van der Waals surface area contributed by atoms with Gasteiger partial charge in [0.05, 0.1) is 5.56 Å². The van der Waals surface area contributed by atoms with Crippen molar-refractivity contribution in [1.29, 1.82) is 0 Å². The van der Waals surface area contributed by atoms with Gasteiger partial charge in [-0.15, -0.1) is 0 Å². The van der Waals surface area contributed by atoms with E-state index in [9.17, 15) is 9.59 Å². The summed E-state index contributed by atoms with van der Waals surface area (Å²) in [6.07, 6.45) is 2.68. The Morgan fingerprint density at radius 2 is 1.29 bits per heavy atom. The first-order valence-electron chi connectivity index (χ1n) is 8.65. The fraction of sp³-hybridized carbons (Fsp3) is 0. The van der Waals surface area contributed by atoms with Gasteiger partial charge in [-0.25, -0.2) is 9.59 Å². The third kappa shape index (κ3) is 4.62. The minimum atomic E-state index is -0.922. The maximum Gasteiger partial charge on any atom is 0.336 e. The molecule has 0 aromatic heterocycles. The van der Waals surface area contributed by atoms with Crippen molar-refractivity contribution < 1.29 is 19.8 Å². The first-order valence-corrected chi connectivity index (χ1v) is 8.65. The number of carboxylic acids is 2. The van der Waals surface area contributed by atoms with Crippen molar-refractivity contribution in [2.45, 2.75) is 0 Å². The summed E-state index contributed by atoms with van der Waals surface area (Å²) in [4.78, 5) is 21.2. The topological polar surface area (TPSA) is 74.6 Å². The van der Waals surface area contributed by atoms with Crippen molar-refractivity contribution >= 4 is 39.6 Å². The highest BCUT2D eigenvalue weighted by atomic mass is 16.4. The number of aliphatic carboxylic acids is 1. The van der Waals surface area contributed by atoms with Crippen LogP contribution in [0, 0.1) is 0 Å². The fourth-order valence-corrected chi connectivity index (χ4v) is 2.88. The van der Waals surface area contributed by atoms with Gasteiger partial charge in [0.15, 0.2) is 0 Å².